The number of benzene rings is 1. The summed E-state index contributed by atoms with van der Waals surface area (Å²) in [6.07, 6.45) is 6.66. The van der Waals surface area contributed by atoms with Gasteiger partial charge in [-0.05, 0) is 37.3 Å². The number of carbonyl (C=O) groups is 1. The van der Waals surface area contributed by atoms with Crippen molar-refractivity contribution >= 4 is 23.4 Å². The first-order valence-electron chi connectivity index (χ1n) is 6.54. The second-order valence-corrected chi connectivity index (χ2v) is 5.99. The van der Waals surface area contributed by atoms with Crippen LogP contribution in [0.5, 0.6) is 5.75 Å². The van der Waals surface area contributed by atoms with E-state index in [2.05, 4.69) is 11.6 Å². The first-order valence-corrected chi connectivity index (χ1v) is 7.82. The summed E-state index contributed by atoms with van der Waals surface area (Å²) in [5.41, 5.74) is 6.28. The minimum atomic E-state index is -0.138. The third kappa shape index (κ3) is 3.35. The summed E-state index contributed by atoms with van der Waals surface area (Å²) >= 11 is 1.81. The van der Waals surface area contributed by atoms with Crippen molar-refractivity contribution in [3.8, 4) is 5.75 Å². The number of rotatable bonds is 3. The molecule has 2 atom stereocenters. The lowest BCUT2D eigenvalue weighted by Crippen LogP contribution is -2.43. The van der Waals surface area contributed by atoms with Gasteiger partial charge in [0.05, 0.1) is 5.69 Å². The molecule has 1 fully saturated rings. The summed E-state index contributed by atoms with van der Waals surface area (Å²) < 4.78 is 0. The van der Waals surface area contributed by atoms with E-state index < -0.39 is 0 Å². The lowest BCUT2D eigenvalue weighted by Gasteiger charge is -2.30. The Kier molecular flexibility index (Phi) is 4.58. The highest BCUT2D eigenvalue weighted by Crippen LogP contribution is 2.27. The van der Waals surface area contributed by atoms with Crippen LogP contribution >= 0.6 is 11.8 Å². The van der Waals surface area contributed by atoms with Gasteiger partial charge >= 0.3 is 0 Å². The summed E-state index contributed by atoms with van der Waals surface area (Å²) in [7, 11) is 0. The number of amides is 1. The molecule has 4 N–H and O–H groups in total. The van der Waals surface area contributed by atoms with Crippen LogP contribution in [0.2, 0.25) is 0 Å². The van der Waals surface area contributed by atoms with Crippen molar-refractivity contribution in [3.63, 3.8) is 0 Å². The highest BCUT2D eigenvalue weighted by Gasteiger charge is 2.26. The minimum Gasteiger partial charge on any atom is -0.506 e. The van der Waals surface area contributed by atoms with Crippen LogP contribution in [-0.2, 0) is 0 Å². The Labute approximate surface area is 117 Å². The van der Waals surface area contributed by atoms with Crippen molar-refractivity contribution in [2.75, 3.05) is 12.0 Å². The number of anilines is 1. The highest BCUT2D eigenvalue weighted by molar-refractivity contribution is 7.99. The number of thioether (sulfide) groups is 1. The van der Waals surface area contributed by atoms with E-state index in [0.29, 0.717) is 10.8 Å². The lowest BCUT2D eigenvalue weighted by atomic mass is 9.94. The number of phenolic OH excluding ortho intramolecular Hbond substituents is 1. The zero-order valence-electron chi connectivity index (χ0n) is 11.1. The zero-order chi connectivity index (χ0) is 13.8. The van der Waals surface area contributed by atoms with E-state index in [1.807, 2.05) is 11.8 Å². The van der Waals surface area contributed by atoms with Crippen molar-refractivity contribution in [2.45, 2.75) is 37.0 Å². The molecule has 0 radical (unpaired) electrons. The maximum Gasteiger partial charge on any atom is 0.251 e. The summed E-state index contributed by atoms with van der Waals surface area (Å²) in [4.78, 5) is 12.2. The standard InChI is InChI=1S/C14H20N2O2S/c1-19-13-5-3-2-4-11(13)16-14(18)9-6-7-10(15)12(17)8-9/h6-8,11,13,17H,2-5,15H2,1H3,(H,16,18). The Morgan fingerprint density at radius 1 is 1.42 bits per heavy atom. The maximum atomic E-state index is 12.2. The first-order chi connectivity index (χ1) is 9.11. The normalized spacial score (nSPS) is 23.0. The Hall–Kier alpha value is -1.36. The van der Waals surface area contributed by atoms with Gasteiger partial charge in [-0.25, -0.2) is 0 Å². The zero-order valence-corrected chi connectivity index (χ0v) is 11.9. The van der Waals surface area contributed by atoms with Gasteiger partial charge in [0, 0.05) is 16.9 Å². The minimum absolute atomic E-state index is 0.0438. The third-order valence-corrected chi connectivity index (χ3v) is 4.78. The van der Waals surface area contributed by atoms with Crippen LogP contribution < -0.4 is 11.1 Å². The fourth-order valence-corrected chi connectivity index (χ4v) is 3.42. The molecule has 5 heteroatoms. The molecule has 0 saturated heterocycles. The fraction of sp³-hybridized carbons (Fsp3) is 0.500. The van der Waals surface area contributed by atoms with Crippen molar-refractivity contribution in [2.24, 2.45) is 0 Å². The van der Waals surface area contributed by atoms with E-state index in [9.17, 15) is 9.90 Å². The molecule has 19 heavy (non-hydrogen) atoms. The van der Waals surface area contributed by atoms with Crippen LogP contribution in [-0.4, -0.2) is 28.6 Å². The van der Waals surface area contributed by atoms with Crippen LogP contribution in [0, 0.1) is 0 Å². The Bertz CT molecular complexity index is 465. The third-order valence-electron chi connectivity index (χ3n) is 3.61. The number of nitrogens with two attached hydrogens (primary N) is 1. The van der Waals surface area contributed by atoms with E-state index in [1.54, 1.807) is 12.1 Å². The molecule has 1 aliphatic carbocycles. The lowest BCUT2D eigenvalue weighted by molar-refractivity contribution is 0.0929. The van der Waals surface area contributed by atoms with Gasteiger partial charge in [0.15, 0.2) is 0 Å². The average molecular weight is 280 g/mol. The number of hydrogen-bond acceptors (Lipinski definition) is 4. The van der Waals surface area contributed by atoms with Gasteiger partial charge in [0.2, 0.25) is 0 Å². The van der Waals surface area contributed by atoms with Gasteiger partial charge in [-0.2, -0.15) is 11.8 Å². The number of aromatic hydroxyl groups is 1. The average Bonchev–Trinajstić information content (AvgIpc) is 2.42. The van der Waals surface area contributed by atoms with Crippen molar-refractivity contribution in [3.05, 3.63) is 23.8 Å². The van der Waals surface area contributed by atoms with E-state index in [0.717, 1.165) is 19.3 Å². The number of nitrogen functional groups attached to an aromatic ring is 1. The molecule has 0 aliphatic heterocycles. The van der Waals surface area contributed by atoms with Gasteiger partial charge in [-0.15, -0.1) is 0 Å². The van der Waals surface area contributed by atoms with Crippen LogP contribution in [0.1, 0.15) is 36.0 Å². The first kappa shape index (κ1) is 14.1. The predicted octanol–water partition coefficient (Wildman–Crippen LogP) is 2.38. The van der Waals surface area contributed by atoms with Gasteiger partial charge in [0.1, 0.15) is 5.75 Å². The van der Waals surface area contributed by atoms with E-state index in [-0.39, 0.29) is 23.4 Å². The fourth-order valence-electron chi connectivity index (χ4n) is 2.48. The molecule has 2 rings (SSSR count). The van der Waals surface area contributed by atoms with E-state index in [4.69, 9.17) is 5.73 Å². The molecule has 0 bridgehead atoms. The van der Waals surface area contributed by atoms with E-state index in [1.165, 1.54) is 12.5 Å². The SMILES string of the molecule is CSC1CCCCC1NC(=O)c1ccc(N)c(O)c1. The van der Waals surface area contributed by atoms with Gasteiger partial charge < -0.3 is 16.2 Å². The molecule has 1 aromatic carbocycles. The van der Waals surface area contributed by atoms with Crippen LogP contribution in [0.15, 0.2) is 18.2 Å². The van der Waals surface area contributed by atoms with Crippen LogP contribution in [0.25, 0.3) is 0 Å². The molecule has 0 aromatic heterocycles. The largest absolute Gasteiger partial charge is 0.506 e. The quantitative estimate of drug-likeness (QED) is 0.587. The molecule has 4 nitrogen and oxygen atoms in total. The molecular formula is C14H20N2O2S. The molecule has 1 aromatic rings. The van der Waals surface area contributed by atoms with Gasteiger partial charge in [-0.3, -0.25) is 4.79 Å². The molecule has 1 saturated carbocycles. The second kappa shape index (κ2) is 6.19. The number of carbonyl (C=O) groups excluding carboxylic acids is 1. The summed E-state index contributed by atoms with van der Waals surface area (Å²) in [5, 5.41) is 13.1. The Balaban J connectivity index is 2.05. The van der Waals surface area contributed by atoms with Crippen molar-refractivity contribution in [1.82, 2.24) is 5.32 Å². The Morgan fingerprint density at radius 2 is 2.16 bits per heavy atom. The van der Waals surface area contributed by atoms with Crippen molar-refractivity contribution in [1.29, 1.82) is 0 Å². The maximum absolute atomic E-state index is 12.2. The molecule has 2 unspecified atom stereocenters. The smallest absolute Gasteiger partial charge is 0.251 e. The predicted molar refractivity (Wildman–Crippen MR) is 79.5 cm³/mol. The molecular weight excluding hydrogens is 260 g/mol. The molecule has 0 heterocycles. The van der Waals surface area contributed by atoms with Crippen LogP contribution in [0.3, 0.4) is 0 Å². The molecule has 1 amide bonds. The second-order valence-electron chi connectivity index (χ2n) is 4.91. The summed E-state index contributed by atoms with van der Waals surface area (Å²) in [6.45, 7) is 0. The highest BCUT2D eigenvalue weighted by atomic mass is 32.2. The molecule has 0 spiro atoms. The van der Waals surface area contributed by atoms with Gasteiger partial charge in [0.25, 0.3) is 5.91 Å². The number of nitrogens with one attached hydrogen (secondary N) is 1. The van der Waals surface area contributed by atoms with Crippen molar-refractivity contribution < 1.29 is 9.90 Å². The van der Waals surface area contributed by atoms with E-state index >= 15 is 0 Å². The number of phenols is 1. The summed E-state index contributed by atoms with van der Waals surface area (Å²) in [5.74, 6) is -0.182. The summed E-state index contributed by atoms with van der Waals surface area (Å²) in [6, 6.07) is 4.83. The molecule has 104 valence electrons. The van der Waals surface area contributed by atoms with Gasteiger partial charge in [-0.1, -0.05) is 12.8 Å². The molecule has 1 aliphatic rings. The van der Waals surface area contributed by atoms with Crippen LogP contribution in [0.4, 0.5) is 5.69 Å². The topological polar surface area (TPSA) is 75.4 Å². The monoisotopic (exact) mass is 280 g/mol. The Morgan fingerprint density at radius 3 is 2.84 bits per heavy atom. The number of hydrogen-bond donors (Lipinski definition) is 3.